The van der Waals surface area contributed by atoms with Crippen molar-refractivity contribution in [2.24, 2.45) is 0 Å². The summed E-state index contributed by atoms with van der Waals surface area (Å²) in [7, 11) is -2.90. The molecule has 0 saturated heterocycles. The van der Waals surface area contributed by atoms with Gasteiger partial charge < -0.3 is 8.85 Å². The molecule has 0 fully saturated rings. The van der Waals surface area contributed by atoms with E-state index in [1.165, 1.54) is 0 Å². The van der Waals surface area contributed by atoms with Crippen LogP contribution >= 0.6 is 22.2 Å². The van der Waals surface area contributed by atoms with Crippen LogP contribution in [0.3, 0.4) is 0 Å². The minimum Gasteiger partial charge on any atom is -0.639 e. The summed E-state index contributed by atoms with van der Waals surface area (Å²) in [5.74, 6) is 1.26. The van der Waals surface area contributed by atoms with E-state index in [1.807, 2.05) is 12.1 Å². The zero-order valence-corrected chi connectivity index (χ0v) is 7.89. The molecule has 2 rings (SSSR count). The van der Waals surface area contributed by atoms with Crippen molar-refractivity contribution in [2.75, 3.05) is 0 Å². The van der Waals surface area contributed by atoms with Gasteiger partial charge in [-0.05, 0) is 12.1 Å². The standard InChI is InChI=1S/C6H4Cl2O2Si/c7-11(8)9-5-3-1-2-4-6(5)10-11/h1-4H/q-1. The van der Waals surface area contributed by atoms with Crippen molar-refractivity contribution in [1.29, 1.82) is 0 Å². The van der Waals surface area contributed by atoms with Gasteiger partial charge in [0.15, 0.2) is 0 Å². The number of benzene rings is 1. The molecule has 0 radical (unpaired) electrons. The van der Waals surface area contributed by atoms with Crippen molar-refractivity contribution < 1.29 is 8.85 Å². The van der Waals surface area contributed by atoms with Crippen molar-refractivity contribution >= 4 is 29.3 Å². The van der Waals surface area contributed by atoms with E-state index in [9.17, 15) is 0 Å². The van der Waals surface area contributed by atoms with E-state index in [-0.39, 0.29) is 0 Å². The summed E-state index contributed by atoms with van der Waals surface area (Å²) >= 11 is 11.4. The smallest absolute Gasteiger partial charge is 0.452 e. The number of rotatable bonds is 0. The number of para-hydroxylation sites is 2. The summed E-state index contributed by atoms with van der Waals surface area (Å²) in [5.41, 5.74) is 0. The van der Waals surface area contributed by atoms with Crippen molar-refractivity contribution in [3.63, 3.8) is 0 Å². The fourth-order valence-corrected chi connectivity index (χ4v) is 2.78. The van der Waals surface area contributed by atoms with Crippen LogP contribution in [0.1, 0.15) is 0 Å². The van der Waals surface area contributed by atoms with E-state index in [0.29, 0.717) is 11.5 Å². The highest BCUT2D eigenvalue weighted by Crippen LogP contribution is 2.39. The second-order valence-corrected chi connectivity index (χ2v) is 7.02. The van der Waals surface area contributed by atoms with E-state index in [0.717, 1.165) is 0 Å². The van der Waals surface area contributed by atoms with Crippen molar-refractivity contribution in [2.45, 2.75) is 0 Å². The van der Waals surface area contributed by atoms with Crippen LogP contribution in [0.2, 0.25) is 0 Å². The Labute approximate surface area is 74.3 Å². The van der Waals surface area contributed by atoms with Gasteiger partial charge in [-0.25, -0.2) is 0 Å². The molecular formula is C6H4Cl2O2Si-. The molecule has 1 heterocycles. The van der Waals surface area contributed by atoms with Crippen LogP contribution in [0.5, 0.6) is 11.5 Å². The molecule has 0 saturated carbocycles. The number of halogens is 2. The van der Waals surface area contributed by atoms with Crippen molar-refractivity contribution in [3.05, 3.63) is 24.3 Å². The van der Waals surface area contributed by atoms with Crippen molar-refractivity contribution in [3.8, 4) is 11.5 Å². The Hall–Kier alpha value is -0.383. The lowest BCUT2D eigenvalue weighted by molar-refractivity contribution is 0.516. The van der Waals surface area contributed by atoms with Gasteiger partial charge in [0, 0.05) is 0 Å². The summed E-state index contributed by atoms with van der Waals surface area (Å²) < 4.78 is 10.3. The minimum absolute atomic E-state index is 0.629. The Morgan fingerprint density at radius 2 is 1.45 bits per heavy atom. The lowest BCUT2D eigenvalue weighted by Gasteiger charge is -2.21. The van der Waals surface area contributed by atoms with Gasteiger partial charge in [-0.3, -0.25) is 22.2 Å². The minimum atomic E-state index is -2.90. The molecule has 0 aromatic heterocycles. The molecule has 1 aliphatic heterocycles. The third-order valence-corrected chi connectivity index (χ3v) is 3.15. The average molecular weight is 207 g/mol. The number of fused-ring (bicyclic) bond motifs is 1. The maximum absolute atomic E-state index is 5.69. The molecule has 5 heteroatoms. The normalized spacial score (nSPS) is 18.4. The lowest BCUT2D eigenvalue weighted by Crippen LogP contribution is -2.30. The lowest BCUT2D eigenvalue weighted by atomic mass is 10.3. The van der Waals surface area contributed by atoms with Gasteiger partial charge in [-0.1, -0.05) is 12.1 Å². The monoisotopic (exact) mass is 206 g/mol. The van der Waals surface area contributed by atoms with E-state index < -0.39 is 7.18 Å². The molecule has 1 aliphatic rings. The molecular weight excluding hydrogens is 203 g/mol. The molecule has 59 valence electrons. The van der Waals surface area contributed by atoms with Crippen LogP contribution in [0, 0.1) is 0 Å². The highest BCUT2D eigenvalue weighted by atomic mass is 35.7. The van der Waals surface area contributed by atoms with Crippen LogP contribution in [0.25, 0.3) is 0 Å². The predicted octanol–water partition coefficient (Wildman–Crippen LogP) is 2.37. The average Bonchev–Trinajstić information content (AvgIpc) is 2.21. The van der Waals surface area contributed by atoms with Crippen LogP contribution in [0.4, 0.5) is 0 Å². The zero-order chi connectivity index (χ0) is 7.90. The van der Waals surface area contributed by atoms with Crippen molar-refractivity contribution in [1.82, 2.24) is 0 Å². The molecule has 0 atom stereocenters. The Balaban J connectivity index is 2.41. The van der Waals surface area contributed by atoms with Crippen LogP contribution < -0.4 is 8.85 Å². The Morgan fingerprint density at radius 1 is 1.00 bits per heavy atom. The summed E-state index contributed by atoms with van der Waals surface area (Å²) in [6.45, 7) is 0. The third-order valence-electron chi connectivity index (χ3n) is 1.31. The number of hydrogen-bond acceptors (Lipinski definition) is 2. The van der Waals surface area contributed by atoms with E-state index in [4.69, 9.17) is 31.0 Å². The highest BCUT2D eigenvalue weighted by molar-refractivity contribution is 7.40. The van der Waals surface area contributed by atoms with E-state index in [1.54, 1.807) is 12.1 Å². The first-order valence-electron chi connectivity index (χ1n) is 3.02. The summed E-state index contributed by atoms with van der Waals surface area (Å²) in [4.78, 5) is 0. The second kappa shape index (κ2) is 2.30. The van der Waals surface area contributed by atoms with Gasteiger partial charge in [-0.2, -0.15) is 0 Å². The topological polar surface area (TPSA) is 18.5 Å². The molecule has 2 nitrogen and oxygen atoms in total. The Kier molecular flexibility index (Phi) is 1.52. The molecule has 0 unspecified atom stereocenters. The van der Waals surface area contributed by atoms with Crippen LogP contribution in [-0.2, 0) is 0 Å². The first kappa shape index (κ1) is 7.28. The SMILES string of the molecule is Cl[Si-]1(Cl)Oc2ccccc2O1. The molecule has 0 spiro atoms. The summed E-state index contributed by atoms with van der Waals surface area (Å²) in [6, 6.07) is 7.22. The molecule has 0 bridgehead atoms. The van der Waals surface area contributed by atoms with E-state index >= 15 is 0 Å². The maximum Gasteiger partial charge on any atom is 0.452 e. The zero-order valence-electron chi connectivity index (χ0n) is 5.38. The molecule has 1 aromatic carbocycles. The van der Waals surface area contributed by atoms with E-state index in [2.05, 4.69) is 0 Å². The third kappa shape index (κ3) is 1.31. The maximum atomic E-state index is 5.69. The molecule has 0 aliphatic carbocycles. The molecule has 1 aromatic rings. The first-order valence-corrected chi connectivity index (χ1v) is 6.86. The molecule has 0 amide bonds. The van der Waals surface area contributed by atoms with Gasteiger partial charge in [0.1, 0.15) is 11.5 Å². The summed E-state index contributed by atoms with van der Waals surface area (Å²) in [5, 5.41) is 0. The second-order valence-electron chi connectivity index (χ2n) is 2.11. The van der Waals surface area contributed by atoms with Gasteiger partial charge in [0.05, 0.1) is 0 Å². The predicted molar refractivity (Wildman–Crippen MR) is 45.2 cm³/mol. The largest absolute Gasteiger partial charge is 0.639 e. The van der Waals surface area contributed by atoms with Gasteiger partial charge in [0.2, 0.25) is 0 Å². The van der Waals surface area contributed by atoms with Crippen LogP contribution in [0.15, 0.2) is 24.3 Å². The number of hydrogen-bond donors (Lipinski definition) is 0. The highest BCUT2D eigenvalue weighted by Gasteiger charge is 2.29. The summed E-state index contributed by atoms with van der Waals surface area (Å²) in [6.07, 6.45) is 0. The molecule has 0 N–H and O–H groups in total. The van der Waals surface area contributed by atoms with Gasteiger partial charge in [0.25, 0.3) is 0 Å². The quantitative estimate of drug-likeness (QED) is 0.480. The fraction of sp³-hybridized carbons (Fsp3) is 0. The fourth-order valence-electron chi connectivity index (χ4n) is 0.896. The molecule has 11 heavy (non-hydrogen) atoms. The first-order chi connectivity index (χ1) is 5.17. The Morgan fingerprint density at radius 3 is 1.91 bits per heavy atom. The van der Waals surface area contributed by atoms with Gasteiger partial charge in [-0.15, -0.1) is 0 Å². The van der Waals surface area contributed by atoms with Crippen LogP contribution in [-0.4, -0.2) is 7.18 Å². The van der Waals surface area contributed by atoms with Gasteiger partial charge >= 0.3 is 7.18 Å². The Bertz CT molecular complexity index is 263.